The highest BCUT2D eigenvalue weighted by atomic mass is 35.5. The molecule has 0 bridgehead atoms. The van der Waals surface area contributed by atoms with Crippen LogP contribution in [0.3, 0.4) is 0 Å². The first kappa shape index (κ1) is 20.5. The number of halogens is 1. The molecule has 7 nitrogen and oxygen atoms in total. The summed E-state index contributed by atoms with van der Waals surface area (Å²) in [5.74, 6) is -0.393. The molecule has 0 atom stereocenters. The van der Waals surface area contributed by atoms with E-state index >= 15 is 0 Å². The summed E-state index contributed by atoms with van der Waals surface area (Å²) in [6, 6.07) is 12.8. The molecule has 3 N–H and O–H groups in total. The minimum absolute atomic E-state index is 0.0474. The molecule has 3 rings (SSSR count). The predicted octanol–water partition coefficient (Wildman–Crippen LogP) is 5.20. The Morgan fingerprint density at radius 2 is 1.48 bits per heavy atom. The Morgan fingerprint density at radius 1 is 0.897 bits per heavy atom. The third-order valence-corrected chi connectivity index (χ3v) is 5.20. The van der Waals surface area contributed by atoms with Crippen LogP contribution in [0.4, 0.5) is 21.3 Å². The Balaban J connectivity index is 1.64. The summed E-state index contributed by atoms with van der Waals surface area (Å²) in [4.78, 5) is 40.6. The van der Waals surface area contributed by atoms with Crippen molar-refractivity contribution in [3.63, 3.8) is 0 Å². The van der Waals surface area contributed by atoms with Crippen LogP contribution < -0.4 is 16.0 Å². The van der Waals surface area contributed by atoms with Crippen LogP contribution in [-0.4, -0.2) is 22.7 Å². The van der Waals surface area contributed by atoms with Crippen LogP contribution in [0.1, 0.15) is 32.6 Å². The summed E-state index contributed by atoms with van der Waals surface area (Å²) < 4.78 is 0. The summed E-state index contributed by atoms with van der Waals surface area (Å²) in [5.41, 5.74) is 2.19. The number of aryl methyl sites for hydroxylation is 1. The molecule has 0 aliphatic carbocycles. The Kier molecular flexibility index (Phi) is 6.26. The minimum Gasteiger partial charge on any atom is -0.321 e. The average Bonchev–Trinajstić information content (AvgIpc) is 3.04. The van der Waals surface area contributed by atoms with E-state index in [1.165, 1.54) is 6.92 Å². The Bertz CT molecular complexity index is 1060. The second-order valence-electron chi connectivity index (χ2n) is 6.11. The lowest BCUT2D eigenvalue weighted by Gasteiger charge is -2.05. The van der Waals surface area contributed by atoms with Crippen molar-refractivity contribution in [2.45, 2.75) is 13.8 Å². The molecule has 0 radical (unpaired) electrons. The fraction of sp³-hybridized carbons (Fsp3) is 0.100. The quantitative estimate of drug-likeness (QED) is 0.486. The smallest absolute Gasteiger partial charge is 0.321 e. The van der Waals surface area contributed by atoms with Crippen LogP contribution in [0.5, 0.6) is 0 Å². The molecule has 29 heavy (non-hydrogen) atoms. The fourth-order valence-electron chi connectivity index (χ4n) is 2.43. The minimum atomic E-state index is -0.479. The first-order valence-corrected chi connectivity index (χ1v) is 9.74. The molecule has 0 fully saturated rings. The molecule has 3 aromatic rings. The van der Waals surface area contributed by atoms with E-state index in [0.29, 0.717) is 37.7 Å². The van der Waals surface area contributed by atoms with Crippen LogP contribution >= 0.6 is 22.9 Å². The van der Waals surface area contributed by atoms with Crippen molar-refractivity contribution in [3.05, 3.63) is 69.7 Å². The van der Waals surface area contributed by atoms with Crippen LogP contribution in [0.2, 0.25) is 5.02 Å². The van der Waals surface area contributed by atoms with Gasteiger partial charge < -0.3 is 10.6 Å². The summed E-state index contributed by atoms with van der Waals surface area (Å²) in [6.07, 6.45) is 0. The number of ketones is 1. The molecule has 0 saturated carbocycles. The zero-order valence-electron chi connectivity index (χ0n) is 15.6. The number of Topliss-reactive ketones (excluding diaryl/α,β-unsaturated/α-hetero) is 1. The van der Waals surface area contributed by atoms with Crippen molar-refractivity contribution < 1.29 is 14.4 Å². The largest absolute Gasteiger partial charge is 0.325 e. The molecular formula is C20H17ClN4O3S. The van der Waals surface area contributed by atoms with E-state index in [1.807, 2.05) is 0 Å². The number of hydrogen-bond donors (Lipinski definition) is 3. The van der Waals surface area contributed by atoms with E-state index in [4.69, 9.17) is 11.6 Å². The zero-order valence-corrected chi connectivity index (χ0v) is 17.1. The van der Waals surface area contributed by atoms with E-state index in [9.17, 15) is 14.4 Å². The Hall–Kier alpha value is -3.23. The number of benzene rings is 2. The third kappa shape index (κ3) is 5.40. The first-order valence-electron chi connectivity index (χ1n) is 8.55. The molecule has 9 heteroatoms. The molecule has 0 saturated heterocycles. The van der Waals surface area contributed by atoms with Crippen LogP contribution in [0.15, 0.2) is 48.5 Å². The Labute approximate surface area is 176 Å². The summed E-state index contributed by atoms with van der Waals surface area (Å²) in [7, 11) is 0. The topological polar surface area (TPSA) is 100 Å². The number of thiazole rings is 1. The highest BCUT2D eigenvalue weighted by Crippen LogP contribution is 2.24. The van der Waals surface area contributed by atoms with Crippen LogP contribution in [-0.2, 0) is 0 Å². The third-order valence-electron chi connectivity index (χ3n) is 3.87. The molecule has 0 aliphatic heterocycles. The first-order chi connectivity index (χ1) is 13.8. The van der Waals surface area contributed by atoms with Crippen molar-refractivity contribution in [1.29, 1.82) is 0 Å². The van der Waals surface area contributed by atoms with Gasteiger partial charge in [-0.25, -0.2) is 9.78 Å². The number of hydrogen-bond acceptors (Lipinski definition) is 5. The number of nitrogens with one attached hydrogen (secondary N) is 3. The summed E-state index contributed by atoms with van der Waals surface area (Å²) >= 11 is 6.88. The summed E-state index contributed by atoms with van der Waals surface area (Å²) in [5, 5.41) is 8.89. The number of carbonyl (C=O) groups is 3. The Morgan fingerprint density at radius 3 is 2.10 bits per heavy atom. The van der Waals surface area contributed by atoms with Crippen LogP contribution in [0, 0.1) is 6.92 Å². The highest BCUT2D eigenvalue weighted by molar-refractivity contribution is 7.17. The van der Waals surface area contributed by atoms with Gasteiger partial charge in [-0.3, -0.25) is 14.9 Å². The van der Waals surface area contributed by atoms with Gasteiger partial charge in [-0.1, -0.05) is 22.9 Å². The molecule has 2 aromatic carbocycles. The van der Waals surface area contributed by atoms with Crippen molar-refractivity contribution in [2.24, 2.45) is 0 Å². The average molecular weight is 429 g/mol. The van der Waals surface area contributed by atoms with Gasteiger partial charge in [-0.2, -0.15) is 0 Å². The number of anilines is 3. The fourth-order valence-corrected chi connectivity index (χ4v) is 3.41. The second-order valence-corrected chi connectivity index (χ2v) is 7.54. The van der Waals surface area contributed by atoms with Crippen molar-refractivity contribution in [2.75, 3.05) is 16.0 Å². The predicted molar refractivity (Wildman–Crippen MR) is 115 cm³/mol. The van der Waals surface area contributed by atoms with Gasteiger partial charge in [0.05, 0.1) is 5.69 Å². The van der Waals surface area contributed by atoms with Gasteiger partial charge in [0.2, 0.25) is 0 Å². The van der Waals surface area contributed by atoms with Crippen molar-refractivity contribution >= 4 is 57.2 Å². The molecule has 148 valence electrons. The monoisotopic (exact) mass is 428 g/mol. The van der Waals surface area contributed by atoms with Gasteiger partial charge in [0.15, 0.2) is 10.9 Å². The van der Waals surface area contributed by atoms with Gasteiger partial charge >= 0.3 is 6.03 Å². The maximum atomic E-state index is 12.5. The van der Waals surface area contributed by atoms with Gasteiger partial charge in [-0.05, 0) is 62.4 Å². The van der Waals surface area contributed by atoms with E-state index in [1.54, 1.807) is 55.5 Å². The van der Waals surface area contributed by atoms with E-state index in [-0.39, 0.29) is 11.7 Å². The molecule has 0 unspecified atom stereocenters. The standard InChI is InChI=1S/C20H17ClN4O3S/c1-11-17(18(27)23-15-7-3-13(4-8-15)12(2)26)29-20(22-11)25-19(28)24-16-9-5-14(21)6-10-16/h3-10H,1-2H3,(H,23,27)(H2,22,24,25,28). The highest BCUT2D eigenvalue weighted by Gasteiger charge is 2.17. The molecule has 0 spiro atoms. The SMILES string of the molecule is CC(=O)c1ccc(NC(=O)c2sc(NC(=O)Nc3ccc(Cl)cc3)nc2C)cc1. The maximum Gasteiger partial charge on any atom is 0.325 e. The maximum absolute atomic E-state index is 12.5. The van der Waals surface area contributed by atoms with Crippen molar-refractivity contribution in [3.8, 4) is 0 Å². The molecule has 3 amide bonds. The number of urea groups is 1. The second kappa shape index (κ2) is 8.85. The zero-order chi connectivity index (χ0) is 21.0. The number of nitrogens with zero attached hydrogens (tertiary/aromatic N) is 1. The molecule has 0 aliphatic rings. The van der Waals surface area contributed by atoms with Crippen LogP contribution in [0.25, 0.3) is 0 Å². The van der Waals surface area contributed by atoms with E-state index in [0.717, 1.165) is 11.3 Å². The van der Waals surface area contributed by atoms with Gasteiger partial charge in [0, 0.05) is 22.0 Å². The molecule has 1 aromatic heterocycles. The lowest BCUT2D eigenvalue weighted by molar-refractivity contribution is 0.101. The normalized spacial score (nSPS) is 10.3. The van der Waals surface area contributed by atoms with E-state index < -0.39 is 6.03 Å². The lowest BCUT2D eigenvalue weighted by Crippen LogP contribution is -2.19. The number of amides is 3. The van der Waals surface area contributed by atoms with E-state index in [2.05, 4.69) is 20.9 Å². The van der Waals surface area contributed by atoms with Gasteiger partial charge in [0.25, 0.3) is 5.91 Å². The number of rotatable bonds is 5. The van der Waals surface area contributed by atoms with Gasteiger partial charge in [0.1, 0.15) is 4.88 Å². The molecule has 1 heterocycles. The number of carbonyl (C=O) groups excluding carboxylic acids is 3. The number of aromatic nitrogens is 1. The van der Waals surface area contributed by atoms with Crippen molar-refractivity contribution in [1.82, 2.24) is 4.98 Å². The lowest BCUT2D eigenvalue weighted by atomic mass is 10.1. The summed E-state index contributed by atoms with van der Waals surface area (Å²) in [6.45, 7) is 3.17. The van der Waals surface area contributed by atoms with Gasteiger partial charge in [-0.15, -0.1) is 0 Å². The molecular weight excluding hydrogens is 412 g/mol.